The van der Waals surface area contributed by atoms with Crippen molar-refractivity contribution in [3.63, 3.8) is 0 Å². The lowest BCUT2D eigenvalue weighted by Gasteiger charge is -2.36. The van der Waals surface area contributed by atoms with Gasteiger partial charge in [0.2, 0.25) is 0 Å². The highest BCUT2D eigenvalue weighted by atomic mass is 14.5. The monoisotopic (exact) mass is 231 g/mol. The van der Waals surface area contributed by atoms with Crippen LogP contribution < -0.4 is 0 Å². The lowest BCUT2D eigenvalue weighted by atomic mass is 9.68. The number of hydrogen-bond acceptors (Lipinski definition) is 1. The Morgan fingerprint density at radius 3 is 2.18 bits per heavy atom. The molecule has 0 aromatic carbocycles. The van der Waals surface area contributed by atoms with E-state index >= 15 is 0 Å². The van der Waals surface area contributed by atoms with Crippen LogP contribution in [0, 0.1) is 10.8 Å². The van der Waals surface area contributed by atoms with E-state index in [9.17, 15) is 0 Å². The summed E-state index contributed by atoms with van der Waals surface area (Å²) in [7, 11) is 0. The zero-order chi connectivity index (χ0) is 13.4. The third-order valence-electron chi connectivity index (χ3n) is 3.96. The quantitative estimate of drug-likeness (QED) is 0.687. The Kier molecular flexibility index (Phi) is 3.81. The molecule has 1 nitrogen and oxygen atoms in total. The average Bonchev–Trinajstić information content (AvgIpc) is 2.24. The topological polar surface area (TPSA) is 23.9 Å². The van der Waals surface area contributed by atoms with Crippen molar-refractivity contribution in [1.29, 1.82) is 5.41 Å². The van der Waals surface area contributed by atoms with E-state index in [1.807, 2.05) is 0 Å². The molecule has 0 saturated carbocycles. The van der Waals surface area contributed by atoms with E-state index in [1.165, 1.54) is 22.3 Å². The number of allylic oxidation sites excluding steroid dienone is 6. The maximum Gasteiger partial charge on any atom is 0.0603 e. The second-order valence-electron chi connectivity index (χ2n) is 5.72. The third kappa shape index (κ3) is 2.29. The van der Waals surface area contributed by atoms with Crippen molar-refractivity contribution in [2.45, 2.75) is 54.9 Å². The Labute approximate surface area is 106 Å². The van der Waals surface area contributed by atoms with Gasteiger partial charge in [0.1, 0.15) is 0 Å². The van der Waals surface area contributed by atoms with E-state index in [4.69, 9.17) is 5.41 Å². The number of rotatable bonds is 2. The van der Waals surface area contributed by atoms with Crippen LogP contribution in [0.1, 0.15) is 54.9 Å². The molecule has 0 aromatic rings. The van der Waals surface area contributed by atoms with Gasteiger partial charge in [0, 0.05) is 5.41 Å². The van der Waals surface area contributed by atoms with E-state index in [0.29, 0.717) is 0 Å². The first-order valence-electron chi connectivity index (χ1n) is 6.39. The zero-order valence-electron chi connectivity index (χ0n) is 12.3. The van der Waals surface area contributed by atoms with Crippen LogP contribution in [0.25, 0.3) is 0 Å². The van der Waals surface area contributed by atoms with Crippen molar-refractivity contribution in [3.05, 3.63) is 33.9 Å². The summed E-state index contributed by atoms with van der Waals surface area (Å²) in [5.41, 5.74) is 7.10. The highest BCUT2D eigenvalue weighted by Crippen LogP contribution is 2.44. The van der Waals surface area contributed by atoms with Crippen molar-refractivity contribution < 1.29 is 0 Å². The van der Waals surface area contributed by atoms with Crippen LogP contribution in [0.4, 0.5) is 0 Å². The molecule has 0 atom stereocenters. The van der Waals surface area contributed by atoms with Crippen LogP contribution in [0.5, 0.6) is 0 Å². The van der Waals surface area contributed by atoms with E-state index in [1.54, 1.807) is 0 Å². The van der Waals surface area contributed by atoms with E-state index in [0.717, 1.165) is 17.7 Å². The van der Waals surface area contributed by atoms with Gasteiger partial charge in [0.25, 0.3) is 0 Å². The van der Waals surface area contributed by atoms with Crippen molar-refractivity contribution >= 4 is 5.71 Å². The Morgan fingerprint density at radius 2 is 1.76 bits per heavy atom. The molecule has 0 aliphatic heterocycles. The molecule has 1 N–H and O–H groups in total. The minimum absolute atomic E-state index is 0.0528. The largest absolute Gasteiger partial charge is 0.300 e. The van der Waals surface area contributed by atoms with Gasteiger partial charge in [-0.05, 0) is 50.8 Å². The molecule has 0 aromatic heterocycles. The lowest BCUT2D eigenvalue weighted by molar-refractivity contribution is 0.537. The summed E-state index contributed by atoms with van der Waals surface area (Å²) in [6, 6.07) is 0. The summed E-state index contributed by atoms with van der Waals surface area (Å²) in [5.74, 6) is 0. The second kappa shape index (κ2) is 4.64. The van der Waals surface area contributed by atoms with Crippen molar-refractivity contribution in [2.24, 2.45) is 5.41 Å². The van der Waals surface area contributed by atoms with Crippen LogP contribution in [-0.4, -0.2) is 5.71 Å². The van der Waals surface area contributed by atoms with E-state index in [2.05, 4.69) is 54.5 Å². The Morgan fingerprint density at radius 1 is 1.24 bits per heavy atom. The van der Waals surface area contributed by atoms with Crippen LogP contribution in [0.3, 0.4) is 0 Å². The van der Waals surface area contributed by atoms with Crippen LogP contribution in [-0.2, 0) is 0 Å². The van der Waals surface area contributed by atoms with Crippen LogP contribution >= 0.6 is 0 Å². The highest BCUT2D eigenvalue weighted by Gasteiger charge is 2.33. The molecule has 0 fully saturated rings. The van der Waals surface area contributed by atoms with Crippen LogP contribution in [0.15, 0.2) is 33.9 Å². The fraction of sp³-hybridized carbons (Fsp3) is 0.562. The first-order chi connectivity index (χ1) is 7.73. The van der Waals surface area contributed by atoms with Gasteiger partial charge in [-0.1, -0.05) is 38.0 Å². The maximum atomic E-state index is 8.29. The van der Waals surface area contributed by atoms with Gasteiger partial charge in [-0.2, -0.15) is 0 Å². The standard InChI is InChI=1S/C16H25N/c1-8-13-14(9-10(2)3)16(6,7)12(5)11(4)15(13)17/h9,17H,8H2,1-7H3. The first-order valence-corrected chi connectivity index (χ1v) is 6.39. The molecule has 0 saturated heterocycles. The second-order valence-corrected chi connectivity index (χ2v) is 5.72. The molecule has 0 radical (unpaired) electrons. The number of hydrogen-bond donors (Lipinski definition) is 1. The van der Waals surface area contributed by atoms with E-state index < -0.39 is 0 Å². The maximum absolute atomic E-state index is 8.29. The van der Waals surface area contributed by atoms with Gasteiger partial charge < -0.3 is 5.41 Å². The molecular weight excluding hydrogens is 206 g/mol. The molecular formula is C16H25N. The van der Waals surface area contributed by atoms with Gasteiger partial charge in [-0.3, -0.25) is 0 Å². The smallest absolute Gasteiger partial charge is 0.0603 e. The molecule has 17 heavy (non-hydrogen) atoms. The van der Waals surface area contributed by atoms with Crippen LogP contribution in [0.2, 0.25) is 0 Å². The Bertz CT molecular complexity index is 438. The summed E-state index contributed by atoms with van der Waals surface area (Å²) in [6.45, 7) is 15.2. The first kappa shape index (κ1) is 14.0. The molecule has 94 valence electrons. The minimum Gasteiger partial charge on any atom is -0.300 e. The summed E-state index contributed by atoms with van der Waals surface area (Å²) < 4.78 is 0. The normalized spacial score (nSPS) is 19.8. The summed E-state index contributed by atoms with van der Waals surface area (Å²) in [6.07, 6.45) is 3.19. The summed E-state index contributed by atoms with van der Waals surface area (Å²) in [4.78, 5) is 0. The summed E-state index contributed by atoms with van der Waals surface area (Å²) >= 11 is 0. The molecule has 0 heterocycles. The van der Waals surface area contributed by atoms with Gasteiger partial charge in [-0.25, -0.2) is 0 Å². The predicted octanol–water partition coefficient (Wildman–Crippen LogP) is 5.06. The van der Waals surface area contributed by atoms with E-state index in [-0.39, 0.29) is 5.41 Å². The molecule has 0 unspecified atom stereocenters. The lowest BCUT2D eigenvalue weighted by Crippen LogP contribution is -2.27. The Balaban J connectivity index is 3.53. The molecule has 1 aliphatic rings. The van der Waals surface area contributed by atoms with Gasteiger partial charge in [-0.15, -0.1) is 0 Å². The SMILES string of the molecule is CCC1=C(C=C(C)C)C(C)(C)C(C)=C(C)C1=N. The number of nitrogens with one attached hydrogen (secondary N) is 1. The minimum atomic E-state index is 0.0528. The fourth-order valence-corrected chi connectivity index (χ4v) is 2.52. The highest BCUT2D eigenvalue weighted by molar-refractivity contribution is 6.12. The Hall–Kier alpha value is -1.11. The molecule has 0 bridgehead atoms. The molecule has 1 rings (SSSR count). The molecule has 0 spiro atoms. The molecule has 1 heteroatoms. The molecule has 1 aliphatic carbocycles. The van der Waals surface area contributed by atoms with Gasteiger partial charge in [0.15, 0.2) is 0 Å². The van der Waals surface area contributed by atoms with Gasteiger partial charge >= 0.3 is 0 Å². The van der Waals surface area contributed by atoms with Gasteiger partial charge in [0.05, 0.1) is 5.71 Å². The third-order valence-corrected chi connectivity index (χ3v) is 3.96. The zero-order valence-corrected chi connectivity index (χ0v) is 12.3. The summed E-state index contributed by atoms with van der Waals surface area (Å²) in [5, 5.41) is 8.29. The van der Waals surface area contributed by atoms with Crippen molar-refractivity contribution in [2.75, 3.05) is 0 Å². The molecule has 0 amide bonds. The average molecular weight is 231 g/mol. The predicted molar refractivity (Wildman–Crippen MR) is 76.6 cm³/mol. The van der Waals surface area contributed by atoms with Crippen molar-refractivity contribution in [1.82, 2.24) is 0 Å². The van der Waals surface area contributed by atoms with Crippen molar-refractivity contribution in [3.8, 4) is 0 Å². The fourth-order valence-electron chi connectivity index (χ4n) is 2.52.